The minimum Gasteiger partial charge on any atom is -0.456 e. The van der Waals surface area contributed by atoms with Crippen LogP contribution in [0, 0.1) is 0 Å². The van der Waals surface area contributed by atoms with Gasteiger partial charge in [-0.1, -0.05) is 176 Å². The summed E-state index contributed by atoms with van der Waals surface area (Å²) in [5.41, 5.74) is 10.9. The molecule has 10 rings (SSSR count). The van der Waals surface area contributed by atoms with Gasteiger partial charge in [-0.2, -0.15) is 0 Å². The zero-order valence-electron chi connectivity index (χ0n) is 32.5. The Kier molecular flexibility index (Phi) is 5.76. The monoisotopic (exact) mass is 653 g/mol. The molecule has 0 radical (unpaired) electrons. The predicted molar refractivity (Wildman–Crippen MR) is 216 cm³/mol. The highest BCUT2D eigenvalue weighted by atomic mass is 16.3. The SMILES string of the molecule is [2H]c1c([2H])c([2H])c(-c2c3ccccc3c(-c3c(-c4ccc5oc6ccccc6c5c4)cccc3-c3ccccc3-c3ccccc3)c3ccccc23)c([2H])c1[2H]. The number of furan rings is 1. The van der Waals surface area contributed by atoms with Crippen LogP contribution in [0.3, 0.4) is 0 Å². The molecule has 0 aliphatic carbocycles. The van der Waals surface area contributed by atoms with Crippen molar-refractivity contribution in [1.29, 1.82) is 0 Å². The maximum absolute atomic E-state index is 9.07. The largest absolute Gasteiger partial charge is 0.456 e. The van der Waals surface area contributed by atoms with Crippen molar-refractivity contribution < 1.29 is 11.3 Å². The van der Waals surface area contributed by atoms with E-state index in [0.29, 0.717) is 5.56 Å². The fraction of sp³-hybridized carbons (Fsp3) is 0. The Morgan fingerprint density at radius 1 is 0.314 bits per heavy atom. The molecular weight excluding hydrogens is 617 g/mol. The van der Waals surface area contributed by atoms with Crippen LogP contribution < -0.4 is 0 Å². The fourth-order valence-electron chi connectivity index (χ4n) is 7.81. The maximum Gasteiger partial charge on any atom is 0.135 e. The van der Waals surface area contributed by atoms with Crippen molar-refractivity contribution in [1.82, 2.24) is 0 Å². The molecule has 0 saturated carbocycles. The molecule has 0 spiro atoms. The van der Waals surface area contributed by atoms with E-state index in [0.717, 1.165) is 88.0 Å². The summed E-state index contributed by atoms with van der Waals surface area (Å²) in [5.74, 6) is 0. The Morgan fingerprint density at radius 2 is 0.863 bits per heavy atom. The lowest BCUT2D eigenvalue weighted by Crippen LogP contribution is -1.96. The molecule has 1 aromatic heterocycles. The van der Waals surface area contributed by atoms with Crippen LogP contribution in [0.15, 0.2) is 198 Å². The number of fused-ring (bicyclic) bond motifs is 5. The third-order valence-electron chi connectivity index (χ3n) is 9.99. The van der Waals surface area contributed by atoms with Crippen molar-refractivity contribution in [2.45, 2.75) is 0 Å². The van der Waals surface area contributed by atoms with E-state index in [1.165, 1.54) is 0 Å². The van der Waals surface area contributed by atoms with Crippen molar-refractivity contribution in [3.8, 4) is 55.6 Å². The summed E-state index contributed by atoms with van der Waals surface area (Å²) >= 11 is 0. The summed E-state index contributed by atoms with van der Waals surface area (Å²) in [6.07, 6.45) is 0. The standard InChI is InChI=1S/C50H32O/c1-3-16-33(17-4-1)36-20-7-8-21-38(36)40-28-15-27-37(35-30-31-47-45(32-35)39-22-13-14-29-46(39)51-47)49(40)50-43-25-11-9-23-41(43)48(34-18-5-2-6-19-34)42-24-10-12-26-44(42)50/h1-32H/i2D,5D,6D,18D,19D. The molecule has 0 N–H and O–H groups in total. The van der Waals surface area contributed by atoms with Gasteiger partial charge in [0.05, 0.1) is 6.85 Å². The second-order valence-corrected chi connectivity index (χ2v) is 12.8. The van der Waals surface area contributed by atoms with Crippen LogP contribution in [-0.2, 0) is 0 Å². The molecule has 238 valence electrons. The van der Waals surface area contributed by atoms with Gasteiger partial charge in [-0.25, -0.2) is 0 Å². The Hall–Kier alpha value is -6.70. The minimum atomic E-state index is -0.410. The van der Waals surface area contributed by atoms with Crippen molar-refractivity contribution in [3.63, 3.8) is 0 Å². The van der Waals surface area contributed by atoms with Gasteiger partial charge in [-0.15, -0.1) is 0 Å². The van der Waals surface area contributed by atoms with Crippen LogP contribution in [0.5, 0.6) is 0 Å². The van der Waals surface area contributed by atoms with Crippen molar-refractivity contribution >= 4 is 43.5 Å². The normalized spacial score (nSPS) is 12.9. The van der Waals surface area contributed by atoms with E-state index >= 15 is 0 Å². The van der Waals surface area contributed by atoms with Crippen LogP contribution in [0.1, 0.15) is 6.85 Å². The van der Waals surface area contributed by atoms with Crippen LogP contribution in [0.4, 0.5) is 0 Å². The molecule has 9 aromatic carbocycles. The average molecular weight is 654 g/mol. The number of para-hydroxylation sites is 1. The summed E-state index contributed by atoms with van der Waals surface area (Å²) in [7, 11) is 0. The molecule has 0 bridgehead atoms. The summed E-state index contributed by atoms with van der Waals surface area (Å²) in [6, 6.07) is 54.5. The molecule has 1 heterocycles. The third kappa shape index (κ3) is 4.78. The van der Waals surface area contributed by atoms with E-state index < -0.39 is 6.04 Å². The van der Waals surface area contributed by atoms with Crippen LogP contribution in [0.25, 0.3) is 99.1 Å². The predicted octanol–water partition coefficient (Wildman–Crippen LogP) is 14.2. The lowest BCUT2D eigenvalue weighted by atomic mass is 9.80. The van der Waals surface area contributed by atoms with Gasteiger partial charge < -0.3 is 4.42 Å². The van der Waals surface area contributed by atoms with Crippen molar-refractivity contribution in [3.05, 3.63) is 194 Å². The van der Waals surface area contributed by atoms with Gasteiger partial charge >= 0.3 is 0 Å². The molecule has 1 heteroatoms. The number of rotatable bonds is 5. The minimum absolute atomic E-state index is 0.190. The van der Waals surface area contributed by atoms with E-state index in [4.69, 9.17) is 11.3 Å². The second kappa shape index (κ2) is 12.0. The third-order valence-corrected chi connectivity index (χ3v) is 9.99. The molecule has 10 aromatic rings. The smallest absolute Gasteiger partial charge is 0.135 e. The highest BCUT2D eigenvalue weighted by Gasteiger charge is 2.23. The van der Waals surface area contributed by atoms with Gasteiger partial charge in [0, 0.05) is 10.8 Å². The van der Waals surface area contributed by atoms with Gasteiger partial charge in [0.25, 0.3) is 0 Å². The zero-order valence-corrected chi connectivity index (χ0v) is 27.5. The molecule has 0 unspecified atom stereocenters. The number of hydrogen-bond acceptors (Lipinski definition) is 1. The van der Waals surface area contributed by atoms with Crippen LogP contribution in [-0.4, -0.2) is 0 Å². The van der Waals surface area contributed by atoms with Crippen LogP contribution in [0.2, 0.25) is 0 Å². The van der Waals surface area contributed by atoms with E-state index in [2.05, 4.69) is 103 Å². The van der Waals surface area contributed by atoms with Gasteiger partial charge in [0.2, 0.25) is 0 Å². The first-order chi connectivity index (χ1) is 27.4. The summed E-state index contributed by atoms with van der Waals surface area (Å²) in [6.45, 7) is 0. The van der Waals surface area contributed by atoms with Gasteiger partial charge in [-0.05, 0) is 95.4 Å². The maximum atomic E-state index is 9.07. The molecule has 0 amide bonds. The molecule has 1 nitrogen and oxygen atoms in total. The van der Waals surface area contributed by atoms with Crippen LogP contribution >= 0.6 is 0 Å². The van der Waals surface area contributed by atoms with Crippen molar-refractivity contribution in [2.75, 3.05) is 0 Å². The molecule has 0 aliphatic rings. The number of benzene rings is 9. The highest BCUT2D eigenvalue weighted by Crippen LogP contribution is 2.50. The second-order valence-electron chi connectivity index (χ2n) is 12.8. The van der Waals surface area contributed by atoms with E-state index in [1.54, 1.807) is 0 Å². The molecule has 0 saturated heterocycles. The zero-order chi connectivity index (χ0) is 38.1. The lowest BCUT2D eigenvalue weighted by Gasteiger charge is -2.23. The summed E-state index contributed by atoms with van der Waals surface area (Å²) in [5, 5.41) is 5.50. The van der Waals surface area contributed by atoms with Crippen molar-refractivity contribution in [2.24, 2.45) is 0 Å². The highest BCUT2D eigenvalue weighted by molar-refractivity contribution is 6.24. The summed E-state index contributed by atoms with van der Waals surface area (Å²) in [4.78, 5) is 0. The first-order valence-corrected chi connectivity index (χ1v) is 17.1. The molecule has 0 atom stereocenters. The summed E-state index contributed by atoms with van der Waals surface area (Å²) < 4.78 is 49.9. The fourth-order valence-corrected chi connectivity index (χ4v) is 7.81. The molecular formula is C50H32O. The number of hydrogen-bond donors (Lipinski definition) is 0. The first-order valence-electron chi connectivity index (χ1n) is 19.6. The molecule has 0 aliphatic heterocycles. The van der Waals surface area contributed by atoms with Gasteiger partial charge in [-0.3, -0.25) is 0 Å². The molecule has 51 heavy (non-hydrogen) atoms. The lowest BCUT2D eigenvalue weighted by molar-refractivity contribution is 0.669. The Labute approximate surface area is 303 Å². The molecule has 0 fully saturated rings. The van der Waals surface area contributed by atoms with E-state index in [-0.39, 0.29) is 29.7 Å². The average Bonchev–Trinajstić information content (AvgIpc) is 3.63. The van der Waals surface area contributed by atoms with Gasteiger partial charge in [0.15, 0.2) is 0 Å². The van der Waals surface area contributed by atoms with E-state index in [1.807, 2.05) is 60.7 Å². The quantitative estimate of drug-likeness (QED) is 0.169. The van der Waals surface area contributed by atoms with Gasteiger partial charge in [0.1, 0.15) is 11.2 Å². The Balaban J connectivity index is 1.38. The first kappa shape index (κ1) is 24.4. The van der Waals surface area contributed by atoms with E-state index in [9.17, 15) is 0 Å². The topological polar surface area (TPSA) is 13.1 Å². The Morgan fingerprint density at radius 3 is 1.59 bits per heavy atom. The Bertz CT molecular complexity index is 3110.